The molecule has 18 nitrogen and oxygen atoms in total. The zero-order valence-electron chi connectivity index (χ0n) is 60.8. The smallest absolute Gasteiger partial charge is 0.407 e. The highest BCUT2D eigenvalue weighted by molar-refractivity contribution is 5.91. The summed E-state index contributed by atoms with van der Waals surface area (Å²) >= 11 is 0. The van der Waals surface area contributed by atoms with Gasteiger partial charge in [0, 0.05) is 32.5 Å². The molecule has 1 saturated heterocycles. The lowest BCUT2D eigenvalue weighted by atomic mass is 9.44. The standard InChI is InChI=1S/C82H121N3O15/c1-5-6-7-8-9-10-11-12-13-14-15-16-17-18-19-31-51-85-80(92)97-65-46-48-81(3)64(58-65)41-42-66-68-44-43-67(82(68,4)49-47-69(66)81)60(2)40-45-72(87)83-50-32-23-30-39-71(86)84-52-53-93-54-55-94-56-57-95-79-75(100-78(91)63-37-28-22-29-38-63)74(99-77(90)62-35-26-21-27-36-62)73(88)70(98-79)59-96-76(89)61-33-24-20-25-34-61/h12-13,20-22,24-29,33-38,60,64-70,73-75,79,88H,5-11,14-19,23,30-32,39-59H2,1-4H3,(H,83,87)(H,84,86)(H,85,92)/b13-12-/t60-,64?,65-,66?,67-,68?,69?,70?,73-,74?,75?,79+,81+,82-/m1/s1. The van der Waals surface area contributed by atoms with E-state index in [1.165, 1.54) is 116 Å². The van der Waals surface area contributed by atoms with E-state index in [2.05, 4.69) is 55.8 Å². The topological polar surface area (TPSA) is 233 Å². The van der Waals surface area contributed by atoms with Crippen molar-refractivity contribution in [3.63, 3.8) is 0 Å². The number of aliphatic hydroxyl groups excluding tert-OH is 1. The number of esters is 3. The molecular weight excluding hydrogens is 1270 g/mol. The summed E-state index contributed by atoms with van der Waals surface area (Å²) in [6.45, 7) is 11.7. The Morgan fingerprint density at radius 2 is 1.09 bits per heavy atom. The maximum absolute atomic E-state index is 13.5. The lowest BCUT2D eigenvalue weighted by molar-refractivity contribution is -0.300. The van der Waals surface area contributed by atoms with E-state index >= 15 is 0 Å². The minimum Gasteiger partial charge on any atom is -0.459 e. The Morgan fingerprint density at radius 3 is 1.75 bits per heavy atom. The summed E-state index contributed by atoms with van der Waals surface area (Å²) in [7, 11) is 0. The predicted molar refractivity (Wildman–Crippen MR) is 386 cm³/mol. The third-order valence-corrected chi connectivity index (χ3v) is 22.8. The first-order chi connectivity index (χ1) is 48.7. The summed E-state index contributed by atoms with van der Waals surface area (Å²) in [5.41, 5.74) is 1.30. The van der Waals surface area contributed by atoms with Crippen molar-refractivity contribution in [3.8, 4) is 0 Å². The zero-order chi connectivity index (χ0) is 70.8. The fraction of sp³-hybridized carbons (Fsp3) is 0.683. The number of hydrogen-bond donors (Lipinski definition) is 4. The highest BCUT2D eigenvalue weighted by Gasteiger charge is 2.61. The van der Waals surface area contributed by atoms with Crippen LogP contribution in [0.1, 0.15) is 245 Å². The lowest BCUT2D eigenvalue weighted by Gasteiger charge is -2.61. The molecule has 7 unspecified atom stereocenters. The van der Waals surface area contributed by atoms with Gasteiger partial charge in [-0.1, -0.05) is 159 Å². The molecule has 3 amide bonds. The predicted octanol–water partition coefficient (Wildman–Crippen LogP) is 15.4. The number of nitrogens with one attached hydrogen (secondary N) is 3. The van der Waals surface area contributed by atoms with E-state index in [-0.39, 0.29) is 73.7 Å². The van der Waals surface area contributed by atoms with Gasteiger partial charge in [-0.2, -0.15) is 0 Å². The Balaban J connectivity index is 0.639. The number of carbonyl (C=O) groups excluding carboxylic acids is 6. The number of amides is 3. The third-order valence-electron chi connectivity index (χ3n) is 22.8. The quantitative estimate of drug-likeness (QED) is 0.0178. The van der Waals surface area contributed by atoms with E-state index in [4.69, 9.17) is 37.9 Å². The summed E-state index contributed by atoms with van der Waals surface area (Å²) in [6.07, 6.45) is 30.2. The van der Waals surface area contributed by atoms with Crippen LogP contribution in [0.25, 0.3) is 0 Å². The minimum absolute atomic E-state index is 0.0232. The van der Waals surface area contributed by atoms with Gasteiger partial charge >= 0.3 is 24.0 Å². The largest absolute Gasteiger partial charge is 0.459 e. The molecule has 3 aromatic rings. The second kappa shape index (κ2) is 43.1. The molecule has 3 aromatic carbocycles. The molecule has 4 saturated carbocycles. The van der Waals surface area contributed by atoms with Crippen LogP contribution in [-0.4, -0.2) is 137 Å². The average molecular weight is 1390 g/mol. The molecule has 1 aliphatic heterocycles. The molecule has 4 aliphatic carbocycles. The average Bonchev–Trinajstić information content (AvgIpc) is 1.56. The van der Waals surface area contributed by atoms with Crippen LogP contribution >= 0.6 is 0 Å². The van der Waals surface area contributed by atoms with Gasteiger partial charge < -0.3 is 59.0 Å². The second-order valence-electron chi connectivity index (χ2n) is 29.6. The van der Waals surface area contributed by atoms with Crippen LogP contribution in [0, 0.1) is 46.3 Å². The lowest BCUT2D eigenvalue weighted by Crippen LogP contribution is -2.62. The van der Waals surface area contributed by atoms with Gasteiger partial charge in [0.2, 0.25) is 11.8 Å². The molecule has 5 fully saturated rings. The van der Waals surface area contributed by atoms with Gasteiger partial charge in [0.15, 0.2) is 18.5 Å². The van der Waals surface area contributed by atoms with Crippen LogP contribution in [0.3, 0.4) is 0 Å². The first-order valence-corrected chi connectivity index (χ1v) is 38.7. The van der Waals surface area contributed by atoms with Crippen LogP contribution < -0.4 is 16.0 Å². The highest BCUT2D eigenvalue weighted by Crippen LogP contribution is 2.68. The number of benzene rings is 3. The minimum atomic E-state index is -1.62. The van der Waals surface area contributed by atoms with Crippen LogP contribution in [0.15, 0.2) is 103 Å². The van der Waals surface area contributed by atoms with Gasteiger partial charge in [-0.3, -0.25) is 9.59 Å². The van der Waals surface area contributed by atoms with Crippen molar-refractivity contribution in [2.45, 2.75) is 251 Å². The van der Waals surface area contributed by atoms with Gasteiger partial charge in [-0.05, 0) is 192 Å². The summed E-state index contributed by atoms with van der Waals surface area (Å²) in [4.78, 5) is 78.6. The van der Waals surface area contributed by atoms with Crippen molar-refractivity contribution in [2.24, 2.45) is 46.3 Å². The van der Waals surface area contributed by atoms with E-state index in [0.29, 0.717) is 61.1 Å². The van der Waals surface area contributed by atoms with Crippen LogP contribution in [-0.2, 0) is 47.5 Å². The maximum atomic E-state index is 13.5. The molecule has 14 atom stereocenters. The molecule has 554 valence electrons. The van der Waals surface area contributed by atoms with Crippen molar-refractivity contribution < 1.29 is 71.8 Å². The number of alkyl carbamates (subject to hydrolysis) is 1. The Hall–Kier alpha value is -6.18. The van der Waals surface area contributed by atoms with Crippen LogP contribution in [0.5, 0.6) is 0 Å². The number of allylic oxidation sites excluding steroid dienone is 2. The van der Waals surface area contributed by atoms with Gasteiger partial charge in [-0.25, -0.2) is 19.2 Å². The number of ether oxygens (including phenoxy) is 8. The number of fused-ring (bicyclic) bond motifs is 5. The van der Waals surface area contributed by atoms with Crippen LogP contribution in [0.2, 0.25) is 0 Å². The van der Waals surface area contributed by atoms with Crippen molar-refractivity contribution in [2.75, 3.05) is 59.3 Å². The molecule has 1 heterocycles. The van der Waals surface area contributed by atoms with E-state index in [9.17, 15) is 33.9 Å². The number of aliphatic hydroxyl groups is 1. The number of hydrogen-bond acceptors (Lipinski definition) is 15. The normalized spacial score (nSPS) is 26.5. The fourth-order valence-corrected chi connectivity index (χ4v) is 17.2. The summed E-state index contributed by atoms with van der Waals surface area (Å²) < 4.78 is 47.0. The molecule has 18 heteroatoms. The van der Waals surface area contributed by atoms with E-state index < -0.39 is 55.2 Å². The monoisotopic (exact) mass is 1390 g/mol. The van der Waals surface area contributed by atoms with Crippen LogP contribution in [0.4, 0.5) is 4.79 Å². The molecule has 4 N–H and O–H groups in total. The summed E-state index contributed by atoms with van der Waals surface area (Å²) in [6, 6.07) is 24.6. The third kappa shape index (κ3) is 24.8. The number of rotatable bonds is 44. The number of carbonyl (C=O) groups is 6. The van der Waals surface area contributed by atoms with E-state index in [0.717, 1.165) is 75.5 Å². The molecule has 5 aliphatic rings. The van der Waals surface area contributed by atoms with Crippen molar-refractivity contribution >= 4 is 35.8 Å². The molecule has 0 bridgehead atoms. The Kier molecular flexibility index (Phi) is 34.2. The molecule has 100 heavy (non-hydrogen) atoms. The fourth-order valence-electron chi connectivity index (χ4n) is 17.2. The van der Waals surface area contributed by atoms with E-state index in [1.54, 1.807) is 91.0 Å². The van der Waals surface area contributed by atoms with Gasteiger partial charge in [0.25, 0.3) is 0 Å². The zero-order valence-corrected chi connectivity index (χ0v) is 60.8. The van der Waals surface area contributed by atoms with Crippen molar-refractivity contribution in [1.82, 2.24) is 16.0 Å². The van der Waals surface area contributed by atoms with Crippen molar-refractivity contribution in [1.29, 1.82) is 0 Å². The Morgan fingerprint density at radius 1 is 0.550 bits per heavy atom. The SMILES string of the molecule is CCCCCCCC/C=C\CCCCCCCCNC(=O)O[C@@H]1CC[C@@]2(C)C(CCC3C2CC[C@@]2(C)C3CC[C@@H]2[C@H](C)CCC(=O)NCCCCCC(=O)NCCOCCOCCO[C@H]2OC(COC(=O)c3ccccc3)[C@@H](O)C(OC(=O)c3ccccc3)C2OC(=O)c2ccccc2)C1. The Labute approximate surface area is 597 Å². The molecule has 0 aromatic heterocycles. The molecule has 8 rings (SSSR count). The molecule has 0 spiro atoms. The first kappa shape index (κ1) is 79.5. The summed E-state index contributed by atoms with van der Waals surface area (Å²) in [5.74, 6) is 1.81. The van der Waals surface area contributed by atoms with Gasteiger partial charge in [0.1, 0.15) is 24.9 Å². The summed E-state index contributed by atoms with van der Waals surface area (Å²) in [5, 5.41) is 20.8. The Bertz CT molecular complexity index is 2920. The molecule has 0 radical (unpaired) electrons. The van der Waals surface area contributed by atoms with Gasteiger partial charge in [0.05, 0.1) is 49.7 Å². The number of unbranched alkanes of at least 4 members (excludes halogenated alkanes) is 14. The second-order valence-corrected chi connectivity index (χ2v) is 29.6. The molecular formula is C82H121N3O15. The van der Waals surface area contributed by atoms with Crippen molar-refractivity contribution in [3.05, 3.63) is 120 Å². The van der Waals surface area contributed by atoms with Gasteiger partial charge in [-0.15, -0.1) is 0 Å². The maximum Gasteiger partial charge on any atom is 0.407 e. The highest BCUT2D eigenvalue weighted by atomic mass is 16.7. The first-order valence-electron chi connectivity index (χ1n) is 38.7. The van der Waals surface area contributed by atoms with E-state index in [1.807, 2.05) is 0 Å².